The van der Waals surface area contributed by atoms with Crippen LogP contribution in [0.3, 0.4) is 0 Å². The van der Waals surface area contributed by atoms with Crippen molar-refractivity contribution in [2.75, 3.05) is 0 Å². The van der Waals surface area contributed by atoms with Gasteiger partial charge in [-0.2, -0.15) is 0 Å². The van der Waals surface area contributed by atoms with E-state index in [0.29, 0.717) is 0 Å². The minimum Gasteiger partial charge on any atom is -0.207 e. The molecule has 1 aliphatic carbocycles. The van der Waals surface area contributed by atoms with Crippen LogP contribution in [0.1, 0.15) is 68.6 Å². The van der Waals surface area contributed by atoms with Crippen LogP contribution in [0.25, 0.3) is 0 Å². The molecule has 0 aromatic heterocycles. The highest BCUT2D eigenvalue weighted by molar-refractivity contribution is 5.31. The fourth-order valence-corrected chi connectivity index (χ4v) is 3.71. The van der Waals surface area contributed by atoms with Crippen molar-refractivity contribution in [1.29, 1.82) is 0 Å². The van der Waals surface area contributed by atoms with Gasteiger partial charge in [-0.25, -0.2) is 4.39 Å². The van der Waals surface area contributed by atoms with Crippen LogP contribution in [-0.4, -0.2) is 0 Å². The third kappa shape index (κ3) is 4.07. The average molecular weight is 276 g/mol. The number of rotatable bonds is 5. The van der Waals surface area contributed by atoms with Gasteiger partial charge in [-0.15, -0.1) is 0 Å². The van der Waals surface area contributed by atoms with E-state index in [0.717, 1.165) is 23.8 Å². The number of hydrogen-bond acceptors (Lipinski definition) is 0. The van der Waals surface area contributed by atoms with Gasteiger partial charge < -0.3 is 0 Å². The van der Waals surface area contributed by atoms with Gasteiger partial charge in [0.25, 0.3) is 0 Å². The maximum Gasteiger partial charge on any atom is 0.126 e. The van der Waals surface area contributed by atoms with E-state index in [4.69, 9.17) is 0 Å². The highest BCUT2D eigenvalue weighted by atomic mass is 19.1. The molecule has 0 nitrogen and oxygen atoms in total. The van der Waals surface area contributed by atoms with Crippen molar-refractivity contribution in [2.45, 2.75) is 72.1 Å². The van der Waals surface area contributed by atoms with Crippen LogP contribution in [0.4, 0.5) is 4.39 Å². The van der Waals surface area contributed by atoms with Crippen molar-refractivity contribution in [3.05, 3.63) is 34.6 Å². The zero-order valence-electron chi connectivity index (χ0n) is 13.3. The topological polar surface area (TPSA) is 0 Å². The van der Waals surface area contributed by atoms with E-state index in [1.54, 1.807) is 6.07 Å². The SMILES string of the molecule is CCCC1CCC(CCc2cc(F)c(C)cc2C)CC1. The van der Waals surface area contributed by atoms with Gasteiger partial charge in [-0.05, 0) is 61.3 Å². The van der Waals surface area contributed by atoms with E-state index in [1.807, 2.05) is 13.0 Å². The summed E-state index contributed by atoms with van der Waals surface area (Å²) in [5.74, 6) is 1.80. The van der Waals surface area contributed by atoms with Crippen molar-refractivity contribution >= 4 is 0 Å². The monoisotopic (exact) mass is 276 g/mol. The summed E-state index contributed by atoms with van der Waals surface area (Å²) in [6.07, 6.45) is 10.6. The van der Waals surface area contributed by atoms with Gasteiger partial charge in [0.1, 0.15) is 5.82 Å². The van der Waals surface area contributed by atoms with E-state index in [-0.39, 0.29) is 5.82 Å². The first-order valence-electron chi connectivity index (χ1n) is 8.35. The first-order valence-corrected chi connectivity index (χ1v) is 8.35. The number of hydrogen-bond donors (Lipinski definition) is 0. The summed E-state index contributed by atoms with van der Waals surface area (Å²) in [5, 5.41) is 0. The van der Waals surface area contributed by atoms with E-state index < -0.39 is 0 Å². The Hall–Kier alpha value is -0.850. The second kappa shape index (κ2) is 7.24. The number of benzene rings is 1. The van der Waals surface area contributed by atoms with Crippen LogP contribution in [0.15, 0.2) is 12.1 Å². The van der Waals surface area contributed by atoms with Crippen molar-refractivity contribution in [2.24, 2.45) is 11.8 Å². The van der Waals surface area contributed by atoms with Crippen molar-refractivity contribution in [1.82, 2.24) is 0 Å². The first kappa shape index (κ1) is 15.5. The number of halogens is 1. The Bertz CT molecular complexity index is 428. The summed E-state index contributed by atoms with van der Waals surface area (Å²) in [5.41, 5.74) is 3.23. The fourth-order valence-electron chi connectivity index (χ4n) is 3.71. The van der Waals surface area contributed by atoms with Gasteiger partial charge in [0.2, 0.25) is 0 Å². The predicted molar refractivity (Wildman–Crippen MR) is 84.6 cm³/mol. The van der Waals surface area contributed by atoms with E-state index in [1.165, 1.54) is 56.1 Å². The molecule has 0 spiro atoms. The Morgan fingerprint density at radius 2 is 1.55 bits per heavy atom. The Labute approximate surface area is 123 Å². The summed E-state index contributed by atoms with van der Waals surface area (Å²) >= 11 is 0. The molecule has 0 heterocycles. The predicted octanol–water partition coefficient (Wildman–Crippen LogP) is 5.98. The second-order valence-electron chi connectivity index (χ2n) is 6.74. The van der Waals surface area contributed by atoms with Crippen LogP contribution in [0.2, 0.25) is 0 Å². The van der Waals surface area contributed by atoms with Crippen molar-refractivity contribution < 1.29 is 4.39 Å². The molecule has 1 aliphatic rings. The molecule has 1 aromatic rings. The molecule has 0 unspecified atom stereocenters. The van der Waals surface area contributed by atoms with Gasteiger partial charge in [-0.1, -0.05) is 51.5 Å². The molecule has 0 radical (unpaired) electrons. The minimum absolute atomic E-state index is 0.0442. The van der Waals surface area contributed by atoms with E-state index >= 15 is 0 Å². The van der Waals surface area contributed by atoms with E-state index in [2.05, 4.69) is 13.8 Å². The third-order valence-corrected chi connectivity index (χ3v) is 5.10. The summed E-state index contributed by atoms with van der Waals surface area (Å²) < 4.78 is 13.7. The molecule has 0 bridgehead atoms. The standard InChI is InChI=1S/C19H29F/c1-4-5-16-6-8-17(9-7-16)10-11-18-13-19(20)15(3)12-14(18)2/h12-13,16-17H,4-11H2,1-3H3. The summed E-state index contributed by atoms with van der Waals surface area (Å²) in [4.78, 5) is 0. The molecule has 0 atom stereocenters. The van der Waals surface area contributed by atoms with Gasteiger partial charge in [0, 0.05) is 0 Å². The quantitative estimate of drug-likeness (QED) is 0.620. The summed E-state index contributed by atoms with van der Waals surface area (Å²) in [7, 11) is 0. The second-order valence-corrected chi connectivity index (χ2v) is 6.74. The molecule has 112 valence electrons. The Morgan fingerprint density at radius 1 is 0.950 bits per heavy atom. The van der Waals surface area contributed by atoms with Gasteiger partial charge in [0.15, 0.2) is 0 Å². The lowest BCUT2D eigenvalue weighted by Crippen LogP contribution is -2.15. The molecule has 2 rings (SSSR count). The van der Waals surface area contributed by atoms with Crippen LogP contribution >= 0.6 is 0 Å². The molecule has 1 saturated carbocycles. The lowest BCUT2D eigenvalue weighted by atomic mass is 9.78. The number of aryl methyl sites for hydroxylation is 3. The molecule has 1 heteroatoms. The largest absolute Gasteiger partial charge is 0.207 e. The highest BCUT2D eigenvalue weighted by Crippen LogP contribution is 2.34. The zero-order valence-corrected chi connectivity index (χ0v) is 13.3. The van der Waals surface area contributed by atoms with Gasteiger partial charge in [-0.3, -0.25) is 0 Å². The Balaban J connectivity index is 1.83. The molecule has 0 N–H and O–H groups in total. The fraction of sp³-hybridized carbons (Fsp3) is 0.684. The average Bonchev–Trinajstić information content (AvgIpc) is 2.43. The summed E-state index contributed by atoms with van der Waals surface area (Å²) in [6.45, 7) is 6.25. The molecular formula is C19H29F. The van der Waals surface area contributed by atoms with Gasteiger partial charge >= 0.3 is 0 Å². The summed E-state index contributed by atoms with van der Waals surface area (Å²) in [6, 6.07) is 3.75. The maximum atomic E-state index is 13.7. The van der Waals surface area contributed by atoms with Crippen molar-refractivity contribution in [3.63, 3.8) is 0 Å². The zero-order chi connectivity index (χ0) is 14.5. The van der Waals surface area contributed by atoms with Crippen LogP contribution in [0.5, 0.6) is 0 Å². The molecule has 20 heavy (non-hydrogen) atoms. The first-order chi connectivity index (χ1) is 9.60. The van der Waals surface area contributed by atoms with Crippen molar-refractivity contribution in [3.8, 4) is 0 Å². The lowest BCUT2D eigenvalue weighted by Gasteiger charge is -2.28. The third-order valence-electron chi connectivity index (χ3n) is 5.10. The molecule has 0 amide bonds. The van der Waals surface area contributed by atoms with E-state index in [9.17, 15) is 4.39 Å². The Morgan fingerprint density at radius 3 is 2.15 bits per heavy atom. The molecule has 1 aromatic carbocycles. The normalized spacial score (nSPS) is 23.0. The van der Waals surface area contributed by atoms with Crippen LogP contribution in [-0.2, 0) is 6.42 Å². The highest BCUT2D eigenvalue weighted by Gasteiger charge is 2.20. The minimum atomic E-state index is -0.0442. The molecule has 0 saturated heterocycles. The van der Waals surface area contributed by atoms with Crippen LogP contribution < -0.4 is 0 Å². The maximum absolute atomic E-state index is 13.7. The lowest BCUT2D eigenvalue weighted by molar-refractivity contribution is 0.252. The molecule has 1 fully saturated rings. The Kier molecular flexibility index (Phi) is 5.63. The molecule has 0 aliphatic heterocycles. The van der Waals surface area contributed by atoms with Gasteiger partial charge in [0.05, 0.1) is 0 Å². The molecular weight excluding hydrogens is 247 g/mol. The van der Waals surface area contributed by atoms with Crippen LogP contribution in [0, 0.1) is 31.5 Å². The smallest absolute Gasteiger partial charge is 0.126 e.